The van der Waals surface area contributed by atoms with Crippen molar-refractivity contribution in [2.75, 3.05) is 7.11 Å². The lowest BCUT2D eigenvalue weighted by atomic mass is 9.69. The van der Waals surface area contributed by atoms with Crippen molar-refractivity contribution in [3.8, 4) is 11.5 Å². The van der Waals surface area contributed by atoms with E-state index in [1.54, 1.807) is 13.2 Å². The van der Waals surface area contributed by atoms with Gasteiger partial charge in [0.15, 0.2) is 0 Å². The molecule has 0 aromatic heterocycles. The number of benzene rings is 4. The highest BCUT2D eigenvalue weighted by Gasteiger charge is 2.42. The summed E-state index contributed by atoms with van der Waals surface area (Å²) in [5.74, 6) is 0.217. The third-order valence-corrected chi connectivity index (χ3v) is 5.85. The maximum atomic E-state index is 13.3. The first-order valence-corrected chi connectivity index (χ1v) is 10.2. The Balaban J connectivity index is 2.02. The fourth-order valence-electron chi connectivity index (χ4n) is 4.34. The molecule has 0 saturated heterocycles. The third-order valence-electron chi connectivity index (χ3n) is 5.85. The highest BCUT2D eigenvalue weighted by Crippen LogP contribution is 2.43. The number of hydrogen-bond acceptors (Lipinski definition) is 3. The Bertz CT molecular complexity index is 1160. The number of rotatable bonds is 7. The average molecular weight is 412 g/mol. The maximum Gasteiger partial charge on any atom is 0.228 e. The molecule has 4 aromatic carbocycles. The van der Waals surface area contributed by atoms with Gasteiger partial charge in [0, 0.05) is 5.56 Å². The van der Waals surface area contributed by atoms with Gasteiger partial charge in [0.2, 0.25) is 5.91 Å². The van der Waals surface area contributed by atoms with Gasteiger partial charge in [-0.25, -0.2) is 0 Å². The van der Waals surface area contributed by atoms with Crippen molar-refractivity contribution < 1.29 is 14.6 Å². The number of primary amides is 1. The van der Waals surface area contributed by atoms with Crippen LogP contribution in [-0.4, -0.2) is 18.1 Å². The number of hydrogen-bond donors (Lipinski definition) is 2. The monoisotopic (exact) mass is 411 g/mol. The van der Waals surface area contributed by atoms with Crippen LogP contribution in [0.15, 0.2) is 91.0 Å². The summed E-state index contributed by atoms with van der Waals surface area (Å²) in [4.78, 5) is 13.3. The van der Waals surface area contributed by atoms with Crippen molar-refractivity contribution in [3.63, 3.8) is 0 Å². The number of ether oxygens (including phenoxy) is 1. The fraction of sp³-hybridized carbons (Fsp3) is 0.148. The zero-order chi connectivity index (χ0) is 21.8. The summed E-state index contributed by atoms with van der Waals surface area (Å²) in [7, 11) is 1.60. The van der Waals surface area contributed by atoms with Crippen LogP contribution in [0, 0.1) is 0 Å². The van der Waals surface area contributed by atoms with E-state index >= 15 is 0 Å². The minimum Gasteiger partial charge on any atom is -0.508 e. The first-order chi connectivity index (χ1) is 15.0. The summed E-state index contributed by atoms with van der Waals surface area (Å²) in [5, 5.41) is 12.7. The van der Waals surface area contributed by atoms with Gasteiger partial charge in [-0.15, -0.1) is 0 Å². The minimum atomic E-state index is -1.15. The van der Waals surface area contributed by atoms with E-state index in [4.69, 9.17) is 10.5 Å². The molecule has 4 heteroatoms. The zero-order valence-corrected chi connectivity index (χ0v) is 17.4. The van der Waals surface area contributed by atoms with Crippen LogP contribution < -0.4 is 10.5 Å². The van der Waals surface area contributed by atoms with Gasteiger partial charge >= 0.3 is 0 Å². The number of carbonyl (C=O) groups is 1. The van der Waals surface area contributed by atoms with Gasteiger partial charge in [-0.05, 0) is 52.9 Å². The number of nitrogens with two attached hydrogens (primary N) is 1. The number of methoxy groups -OCH3 is 1. The van der Waals surface area contributed by atoms with E-state index in [1.165, 1.54) is 0 Å². The number of fused-ring (bicyclic) bond motifs is 1. The number of phenols is 1. The van der Waals surface area contributed by atoms with Crippen molar-refractivity contribution in [3.05, 3.63) is 108 Å². The van der Waals surface area contributed by atoms with Crippen LogP contribution in [0.5, 0.6) is 11.5 Å². The summed E-state index contributed by atoms with van der Waals surface area (Å²) >= 11 is 0. The van der Waals surface area contributed by atoms with Gasteiger partial charge in [-0.1, -0.05) is 72.8 Å². The standard InChI is InChI=1S/C27H25NO3/c1-31-22-14-12-21-13-15-24(29)25(23(21)16-22)27(26(28)30,17-19-8-4-2-5-9-19)18-20-10-6-3-7-11-20/h2-16,29H,17-18H2,1H3,(H2,28,30). The van der Waals surface area contributed by atoms with Crippen molar-refractivity contribution in [1.29, 1.82) is 0 Å². The molecule has 0 bridgehead atoms. The molecule has 0 saturated carbocycles. The van der Waals surface area contributed by atoms with Gasteiger partial charge in [0.05, 0.1) is 12.5 Å². The molecule has 0 atom stereocenters. The lowest BCUT2D eigenvalue weighted by Gasteiger charge is -2.33. The quantitative estimate of drug-likeness (QED) is 0.460. The lowest BCUT2D eigenvalue weighted by Crippen LogP contribution is -2.45. The summed E-state index contributed by atoms with van der Waals surface area (Å²) < 4.78 is 5.43. The Kier molecular flexibility index (Phi) is 5.63. The third kappa shape index (κ3) is 3.97. The number of carbonyl (C=O) groups excluding carboxylic acids is 1. The Labute approximate surface area is 181 Å². The topological polar surface area (TPSA) is 72.6 Å². The molecule has 3 N–H and O–H groups in total. The molecule has 156 valence electrons. The molecule has 0 fully saturated rings. The van der Waals surface area contributed by atoms with Gasteiger partial charge in [-0.2, -0.15) is 0 Å². The van der Waals surface area contributed by atoms with E-state index in [1.807, 2.05) is 84.9 Å². The molecule has 0 unspecified atom stereocenters. The van der Waals surface area contributed by atoms with Crippen LogP contribution in [0.3, 0.4) is 0 Å². The normalized spacial score (nSPS) is 11.4. The average Bonchev–Trinajstić information content (AvgIpc) is 2.79. The second kappa shape index (κ2) is 8.52. The molecule has 0 heterocycles. The number of phenolic OH excluding ortho intramolecular Hbond substituents is 1. The molecule has 0 aliphatic rings. The Morgan fingerprint density at radius 2 is 1.42 bits per heavy atom. The first-order valence-electron chi connectivity index (χ1n) is 10.2. The van der Waals surface area contributed by atoms with Gasteiger partial charge in [0.1, 0.15) is 11.5 Å². The second-order valence-corrected chi connectivity index (χ2v) is 7.82. The Morgan fingerprint density at radius 1 is 0.871 bits per heavy atom. The van der Waals surface area contributed by atoms with Crippen LogP contribution in [0.25, 0.3) is 10.8 Å². The van der Waals surface area contributed by atoms with E-state index in [2.05, 4.69) is 0 Å². The minimum absolute atomic E-state index is 0.0476. The van der Waals surface area contributed by atoms with Crippen molar-refractivity contribution in [1.82, 2.24) is 0 Å². The highest BCUT2D eigenvalue weighted by molar-refractivity contribution is 5.98. The molecule has 0 spiro atoms. The van der Waals surface area contributed by atoms with E-state index < -0.39 is 11.3 Å². The predicted octanol–water partition coefficient (Wildman–Crippen LogP) is 4.76. The molecule has 4 nitrogen and oxygen atoms in total. The summed E-state index contributed by atoms with van der Waals surface area (Å²) in [5.41, 5.74) is 7.46. The second-order valence-electron chi connectivity index (χ2n) is 7.82. The van der Waals surface area contributed by atoms with Gasteiger partial charge in [-0.3, -0.25) is 4.79 Å². The van der Waals surface area contributed by atoms with Crippen LogP contribution in [0.2, 0.25) is 0 Å². The summed E-state index contributed by atoms with van der Waals surface area (Å²) in [6.45, 7) is 0. The number of aromatic hydroxyl groups is 1. The van der Waals surface area contributed by atoms with Crippen LogP contribution in [0.1, 0.15) is 16.7 Å². The Hall–Kier alpha value is -3.79. The lowest BCUT2D eigenvalue weighted by molar-refractivity contribution is -0.123. The molecule has 1 amide bonds. The van der Waals surface area contributed by atoms with Crippen LogP contribution in [0.4, 0.5) is 0 Å². The SMILES string of the molecule is COc1ccc2ccc(O)c(C(Cc3ccccc3)(Cc3ccccc3)C(N)=O)c2c1. The van der Waals surface area contributed by atoms with Crippen molar-refractivity contribution in [2.45, 2.75) is 18.3 Å². The molecular formula is C27H25NO3. The molecule has 4 rings (SSSR count). The van der Waals surface area contributed by atoms with Crippen molar-refractivity contribution in [2.24, 2.45) is 5.73 Å². The molecule has 0 aliphatic heterocycles. The smallest absolute Gasteiger partial charge is 0.228 e. The molecule has 0 aliphatic carbocycles. The zero-order valence-electron chi connectivity index (χ0n) is 17.4. The van der Waals surface area contributed by atoms with E-state index in [0.717, 1.165) is 21.9 Å². The molecular weight excluding hydrogens is 386 g/mol. The van der Waals surface area contributed by atoms with Crippen LogP contribution in [-0.2, 0) is 23.1 Å². The molecule has 31 heavy (non-hydrogen) atoms. The highest BCUT2D eigenvalue weighted by atomic mass is 16.5. The predicted molar refractivity (Wildman–Crippen MR) is 123 cm³/mol. The summed E-state index contributed by atoms with van der Waals surface area (Å²) in [6.07, 6.45) is 0.726. The first kappa shape index (κ1) is 20.5. The molecule has 4 aromatic rings. The van der Waals surface area contributed by atoms with E-state index in [0.29, 0.717) is 24.2 Å². The number of amides is 1. The van der Waals surface area contributed by atoms with Crippen LogP contribution >= 0.6 is 0 Å². The van der Waals surface area contributed by atoms with E-state index in [9.17, 15) is 9.90 Å². The maximum absolute atomic E-state index is 13.3. The van der Waals surface area contributed by atoms with Gasteiger partial charge in [0.25, 0.3) is 0 Å². The summed E-state index contributed by atoms with van der Waals surface area (Å²) in [6, 6.07) is 28.7. The fourth-order valence-corrected chi connectivity index (χ4v) is 4.34. The van der Waals surface area contributed by atoms with Gasteiger partial charge < -0.3 is 15.6 Å². The largest absolute Gasteiger partial charge is 0.508 e. The van der Waals surface area contributed by atoms with Crippen molar-refractivity contribution >= 4 is 16.7 Å². The molecule has 0 radical (unpaired) electrons. The van der Waals surface area contributed by atoms with E-state index in [-0.39, 0.29) is 5.75 Å². The Morgan fingerprint density at radius 3 is 1.94 bits per heavy atom.